The fourth-order valence-corrected chi connectivity index (χ4v) is 1.75. The summed E-state index contributed by atoms with van der Waals surface area (Å²) in [6, 6.07) is 5.86. The highest BCUT2D eigenvalue weighted by Gasteiger charge is 2.10. The second kappa shape index (κ2) is 4.92. The standard InChI is InChI=1S/C12H15N3/c1-2-11-4-3-5-12(14-11)10-15-8-6-13-7-9-15/h1,3-5,13H,6-10H2. The first-order chi connectivity index (χ1) is 7.38. The highest BCUT2D eigenvalue weighted by molar-refractivity contribution is 5.25. The quantitative estimate of drug-likeness (QED) is 0.705. The normalized spacial score (nSPS) is 17.3. The van der Waals surface area contributed by atoms with Crippen LogP contribution in [0.4, 0.5) is 0 Å². The number of aromatic nitrogens is 1. The maximum atomic E-state index is 5.32. The number of rotatable bonds is 2. The van der Waals surface area contributed by atoms with Crippen LogP contribution in [-0.2, 0) is 6.54 Å². The molecule has 0 amide bonds. The van der Waals surface area contributed by atoms with Gasteiger partial charge >= 0.3 is 0 Å². The van der Waals surface area contributed by atoms with Crippen molar-refractivity contribution in [1.82, 2.24) is 15.2 Å². The average Bonchev–Trinajstić information content (AvgIpc) is 2.31. The number of terminal acetylenes is 1. The Morgan fingerprint density at radius 2 is 2.20 bits per heavy atom. The third-order valence-electron chi connectivity index (χ3n) is 2.55. The molecular weight excluding hydrogens is 186 g/mol. The van der Waals surface area contributed by atoms with Crippen LogP contribution < -0.4 is 5.32 Å². The SMILES string of the molecule is C#Cc1cccc(CN2CCNCC2)n1. The molecule has 3 heteroatoms. The number of nitrogens with one attached hydrogen (secondary N) is 1. The molecule has 1 N–H and O–H groups in total. The molecule has 1 fully saturated rings. The van der Waals surface area contributed by atoms with Crippen molar-refractivity contribution in [2.24, 2.45) is 0 Å². The van der Waals surface area contributed by atoms with E-state index < -0.39 is 0 Å². The number of pyridine rings is 1. The molecule has 1 aliphatic rings. The van der Waals surface area contributed by atoms with E-state index in [1.54, 1.807) is 0 Å². The summed E-state index contributed by atoms with van der Waals surface area (Å²) in [4.78, 5) is 6.78. The lowest BCUT2D eigenvalue weighted by Crippen LogP contribution is -2.43. The Bertz CT molecular complexity index is 361. The van der Waals surface area contributed by atoms with Crippen molar-refractivity contribution in [3.63, 3.8) is 0 Å². The fraction of sp³-hybridized carbons (Fsp3) is 0.417. The molecule has 0 aliphatic carbocycles. The molecule has 0 atom stereocenters. The predicted octanol–water partition coefficient (Wildman–Crippen LogP) is 0.468. The van der Waals surface area contributed by atoms with Gasteiger partial charge in [0.15, 0.2) is 0 Å². The molecule has 1 aromatic rings. The zero-order valence-corrected chi connectivity index (χ0v) is 8.74. The molecule has 0 spiro atoms. The molecule has 0 radical (unpaired) electrons. The first-order valence-corrected chi connectivity index (χ1v) is 5.24. The van der Waals surface area contributed by atoms with Crippen LogP contribution in [0.15, 0.2) is 18.2 Å². The van der Waals surface area contributed by atoms with Crippen molar-refractivity contribution in [3.05, 3.63) is 29.6 Å². The van der Waals surface area contributed by atoms with E-state index in [0.717, 1.165) is 44.1 Å². The van der Waals surface area contributed by atoms with E-state index in [1.165, 1.54) is 0 Å². The van der Waals surface area contributed by atoms with Crippen LogP contribution in [0, 0.1) is 12.3 Å². The molecule has 1 aromatic heterocycles. The van der Waals surface area contributed by atoms with Crippen molar-refractivity contribution < 1.29 is 0 Å². The summed E-state index contributed by atoms with van der Waals surface area (Å²) in [6.07, 6.45) is 5.32. The maximum Gasteiger partial charge on any atom is 0.113 e. The van der Waals surface area contributed by atoms with Crippen LogP contribution in [0.5, 0.6) is 0 Å². The summed E-state index contributed by atoms with van der Waals surface area (Å²) in [5.74, 6) is 2.56. The average molecular weight is 201 g/mol. The van der Waals surface area contributed by atoms with E-state index in [9.17, 15) is 0 Å². The number of nitrogens with zero attached hydrogens (tertiary/aromatic N) is 2. The lowest BCUT2D eigenvalue weighted by molar-refractivity contribution is 0.230. The summed E-state index contributed by atoms with van der Waals surface area (Å²) in [5.41, 5.74) is 1.79. The smallest absolute Gasteiger partial charge is 0.113 e. The van der Waals surface area contributed by atoms with E-state index in [2.05, 4.69) is 21.1 Å². The van der Waals surface area contributed by atoms with Crippen LogP contribution in [0.1, 0.15) is 11.4 Å². The summed E-state index contributed by atoms with van der Waals surface area (Å²) in [7, 11) is 0. The number of piperazine rings is 1. The molecule has 0 unspecified atom stereocenters. The van der Waals surface area contributed by atoms with Crippen LogP contribution in [-0.4, -0.2) is 36.1 Å². The van der Waals surface area contributed by atoms with E-state index >= 15 is 0 Å². The first-order valence-electron chi connectivity index (χ1n) is 5.24. The van der Waals surface area contributed by atoms with Gasteiger partial charge in [-0.25, -0.2) is 4.98 Å². The molecule has 15 heavy (non-hydrogen) atoms. The van der Waals surface area contributed by atoms with E-state index in [-0.39, 0.29) is 0 Å². The second-order valence-electron chi connectivity index (χ2n) is 3.68. The minimum Gasteiger partial charge on any atom is -0.314 e. The second-order valence-corrected chi connectivity index (χ2v) is 3.68. The maximum absolute atomic E-state index is 5.32. The molecule has 2 heterocycles. The minimum atomic E-state index is 0.725. The van der Waals surface area contributed by atoms with Gasteiger partial charge in [0.1, 0.15) is 5.69 Å². The van der Waals surface area contributed by atoms with E-state index in [1.807, 2.05) is 18.2 Å². The van der Waals surface area contributed by atoms with Crippen LogP contribution in [0.3, 0.4) is 0 Å². The van der Waals surface area contributed by atoms with Crippen molar-refractivity contribution in [1.29, 1.82) is 0 Å². The van der Waals surface area contributed by atoms with Gasteiger partial charge in [-0.3, -0.25) is 4.90 Å². The van der Waals surface area contributed by atoms with Crippen molar-refractivity contribution >= 4 is 0 Å². The molecular formula is C12H15N3. The first kappa shape index (κ1) is 10.2. The topological polar surface area (TPSA) is 28.2 Å². The van der Waals surface area contributed by atoms with E-state index in [4.69, 9.17) is 6.42 Å². The Kier molecular flexibility index (Phi) is 3.33. The largest absolute Gasteiger partial charge is 0.314 e. The Hall–Kier alpha value is -1.37. The zero-order valence-electron chi connectivity index (χ0n) is 8.74. The van der Waals surface area contributed by atoms with Crippen molar-refractivity contribution in [2.75, 3.05) is 26.2 Å². The molecule has 78 valence electrons. The Morgan fingerprint density at radius 3 is 2.93 bits per heavy atom. The van der Waals surface area contributed by atoms with Gasteiger partial charge in [0, 0.05) is 32.7 Å². The molecule has 0 saturated carbocycles. The minimum absolute atomic E-state index is 0.725. The third-order valence-corrected chi connectivity index (χ3v) is 2.55. The van der Waals surface area contributed by atoms with Crippen LogP contribution >= 0.6 is 0 Å². The number of hydrogen-bond acceptors (Lipinski definition) is 3. The molecule has 1 saturated heterocycles. The monoisotopic (exact) mass is 201 g/mol. The van der Waals surface area contributed by atoms with E-state index in [0.29, 0.717) is 0 Å². The van der Waals surface area contributed by atoms with Gasteiger partial charge < -0.3 is 5.32 Å². The van der Waals surface area contributed by atoms with Crippen molar-refractivity contribution in [3.8, 4) is 12.3 Å². The Labute approximate surface area is 90.5 Å². The van der Waals surface area contributed by atoms with Gasteiger partial charge in [-0.1, -0.05) is 12.0 Å². The summed E-state index contributed by atoms with van der Waals surface area (Å²) >= 11 is 0. The lowest BCUT2D eigenvalue weighted by atomic mass is 10.2. The van der Waals surface area contributed by atoms with Gasteiger partial charge in [-0.2, -0.15) is 0 Å². The van der Waals surface area contributed by atoms with Gasteiger partial charge in [0.05, 0.1) is 5.69 Å². The van der Waals surface area contributed by atoms with Gasteiger partial charge in [0.2, 0.25) is 0 Å². The fourth-order valence-electron chi connectivity index (χ4n) is 1.75. The van der Waals surface area contributed by atoms with Gasteiger partial charge in [0.25, 0.3) is 0 Å². The van der Waals surface area contributed by atoms with Crippen LogP contribution in [0.25, 0.3) is 0 Å². The molecule has 1 aliphatic heterocycles. The lowest BCUT2D eigenvalue weighted by Gasteiger charge is -2.26. The van der Waals surface area contributed by atoms with Gasteiger partial charge in [-0.05, 0) is 12.1 Å². The number of hydrogen-bond donors (Lipinski definition) is 1. The van der Waals surface area contributed by atoms with Crippen molar-refractivity contribution in [2.45, 2.75) is 6.54 Å². The predicted molar refractivity (Wildman–Crippen MR) is 60.3 cm³/mol. The van der Waals surface area contributed by atoms with Gasteiger partial charge in [-0.15, -0.1) is 6.42 Å². The van der Waals surface area contributed by atoms with Crippen LogP contribution in [0.2, 0.25) is 0 Å². The Balaban J connectivity index is 2.00. The molecule has 0 aromatic carbocycles. The third kappa shape index (κ3) is 2.79. The Morgan fingerprint density at radius 1 is 1.40 bits per heavy atom. The summed E-state index contributed by atoms with van der Waals surface area (Å²) < 4.78 is 0. The molecule has 0 bridgehead atoms. The highest BCUT2D eigenvalue weighted by atomic mass is 15.2. The highest BCUT2D eigenvalue weighted by Crippen LogP contribution is 2.04. The summed E-state index contributed by atoms with van der Waals surface area (Å²) in [6.45, 7) is 5.20. The molecule has 2 rings (SSSR count). The zero-order chi connectivity index (χ0) is 10.5. The molecule has 3 nitrogen and oxygen atoms in total. The summed E-state index contributed by atoms with van der Waals surface area (Å²) in [5, 5.41) is 3.33.